The number of carboxylic acids is 1. The van der Waals surface area contributed by atoms with Crippen LogP contribution in [0.3, 0.4) is 0 Å². The number of alkyl carbamates (subject to hydrolysis) is 1. The smallest absolute Gasteiger partial charge is 0.407 e. The number of fused-ring (bicyclic) bond motifs is 3. The van der Waals surface area contributed by atoms with Gasteiger partial charge < -0.3 is 20.1 Å². The van der Waals surface area contributed by atoms with Gasteiger partial charge in [-0.25, -0.2) is 9.59 Å². The summed E-state index contributed by atoms with van der Waals surface area (Å²) in [6.45, 7) is 0.168. The summed E-state index contributed by atoms with van der Waals surface area (Å²) in [7, 11) is 0. The van der Waals surface area contributed by atoms with Crippen LogP contribution in [0.25, 0.3) is 11.1 Å². The zero-order valence-corrected chi connectivity index (χ0v) is 18.9. The Bertz CT molecular complexity index is 1040. The fourth-order valence-electron chi connectivity index (χ4n) is 4.76. The van der Waals surface area contributed by atoms with E-state index in [1.54, 1.807) is 0 Å². The van der Waals surface area contributed by atoms with Gasteiger partial charge in [0.2, 0.25) is 5.91 Å². The van der Waals surface area contributed by atoms with Crippen LogP contribution in [0.4, 0.5) is 4.79 Å². The number of ether oxygens (including phenoxy) is 1. The molecule has 8 heteroatoms. The van der Waals surface area contributed by atoms with Crippen molar-refractivity contribution in [2.75, 3.05) is 18.2 Å². The highest BCUT2D eigenvalue weighted by molar-refractivity contribution is 7.99. The number of aliphatic carboxylic acids is 1. The van der Waals surface area contributed by atoms with E-state index < -0.39 is 24.1 Å². The first-order valence-corrected chi connectivity index (χ1v) is 12.4. The van der Waals surface area contributed by atoms with E-state index in [0.29, 0.717) is 24.0 Å². The van der Waals surface area contributed by atoms with Crippen molar-refractivity contribution in [2.45, 2.75) is 37.3 Å². The minimum atomic E-state index is -1.01. The molecule has 0 spiro atoms. The van der Waals surface area contributed by atoms with Crippen molar-refractivity contribution in [2.24, 2.45) is 5.92 Å². The van der Waals surface area contributed by atoms with Gasteiger partial charge in [0.05, 0.1) is 5.88 Å². The summed E-state index contributed by atoms with van der Waals surface area (Å²) < 4.78 is 5.62. The Morgan fingerprint density at radius 2 is 1.70 bits per heavy atom. The molecule has 0 radical (unpaired) electrons. The van der Waals surface area contributed by atoms with Crippen molar-refractivity contribution in [3.05, 3.63) is 59.7 Å². The molecule has 2 N–H and O–H groups in total. The first kappa shape index (κ1) is 21.8. The Morgan fingerprint density at radius 3 is 2.30 bits per heavy atom. The van der Waals surface area contributed by atoms with E-state index in [1.165, 1.54) is 16.7 Å². The van der Waals surface area contributed by atoms with Crippen LogP contribution in [0.2, 0.25) is 0 Å². The predicted molar refractivity (Wildman–Crippen MR) is 125 cm³/mol. The molecule has 2 aromatic rings. The summed E-state index contributed by atoms with van der Waals surface area (Å²) in [6.07, 6.45) is 1.91. The van der Waals surface area contributed by atoms with Crippen LogP contribution in [-0.2, 0) is 14.3 Å². The molecule has 0 bridgehead atoms. The van der Waals surface area contributed by atoms with Gasteiger partial charge in [0, 0.05) is 11.7 Å². The van der Waals surface area contributed by atoms with E-state index in [-0.39, 0.29) is 18.4 Å². The lowest BCUT2D eigenvalue weighted by atomic mass is 9.98. The lowest BCUT2D eigenvalue weighted by Crippen LogP contribution is -2.52. The monoisotopic (exact) mass is 466 g/mol. The van der Waals surface area contributed by atoms with Gasteiger partial charge in [0.25, 0.3) is 0 Å². The molecular weight excluding hydrogens is 440 g/mol. The second-order valence-electron chi connectivity index (χ2n) is 8.86. The first-order chi connectivity index (χ1) is 16.0. The molecule has 2 atom stereocenters. The van der Waals surface area contributed by atoms with Gasteiger partial charge >= 0.3 is 12.1 Å². The second kappa shape index (κ2) is 9.09. The summed E-state index contributed by atoms with van der Waals surface area (Å²) in [5, 5.41) is 12.2. The van der Waals surface area contributed by atoms with E-state index in [9.17, 15) is 19.5 Å². The topological polar surface area (TPSA) is 95.9 Å². The van der Waals surface area contributed by atoms with Crippen molar-refractivity contribution in [3.8, 4) is 11.1 Å². The first-order valence-electron chi connectivity index (χ1n) is 11.3. The molecule has 3 aliphatic rings. The number of hydrogen-bond acceptors (Lipinski definition) is 5. The van der Waals surface area contributed by atoms with E-state index in [0.717, 1.165) is 35.1 Å². The van der Waals surface area contributed by atoms with Crippen LogP contribution in [0.1, 0.15) is 36.3 Å². The predicted octanol–water partition coefficient (Wildman–Crippen LogP) is 3.68. The molecule has 1 saturated carbocycles. The molecule has 2 amide bonds. The normalized spacial score (nSPS) is 20.1. The van der Waals surface area contributed by atoms with Crippen LogP contribution < -0.4 is 5.32 Å². The molecule has 1 aliphatic heterocycles. The summed E-state index contributed by atoms with van der Waals surface area (Å²) in [5.74, 6) is -0.350. The highest BCUT2D eigenvalue weighted by Crippen LogP contribution is 2.44. The zero-order valence-electron chi connectivity index (χ0n) is 18.1. The second-order valence-corrected chi connectivity index (χ2v) is 9.86. The highest BCUT2D eigenvalue weighted by Gasteiger charge is 2.40. The Balaban J connectivity index is 1.26. The van der Waals surface area contributed by atoms with Gasteiger partial charge in [0.1, 0.15) is 18.7 Å². The van der Waals surface area contributed by atoms with Crippen molar-refractivity contribution >= 4 is 29.7 Å². The number of benzene rings is 2. The van der Waals surface area contributed by atoms with E-state index in [4.69, 9.17) is 4.74 Å². The number of nitrogens with zero attached hydrogens (tertiary/aromatic N) is 1. The van der Waals surface area contributed by atoms with Crippen molar-refractivity contribution in [3.63, 3.8) is 0 Å². The number of nitrogens with one attached hydrogen (secondary N) is 1. The maximum Gasteiger partial charge on any atom is 0.407 e. The molecule has 33 heavy (non-hydrogen) atoms. The SMILES string of the molecule is O=C(NC(CC1CC1)C(=O)N1CSC[C@H]1C(=O)O)OCC1c2ccccc2-c2ccccc21. The third kappa shape index (κ3) is 4.44. The van der Waals surface area contributed by atoms with Gasteiger partial charge in [-0.2, -0.15) is 0 Å². The summed E-state index contributed by atoms with van der Waals surface area (Å²) >= 11 is 1.41. The van der Waals surface area contributed by atoms with Gasteiger partial charge in [-0.3, -0.25) is 4.79 Å². The Hall–Kier alpha value is -3.00. The maximum absolute atomic E-state index is 13.1. The fraction of sp³-hybridized carbons (Fsp3) is 0.400. The quantitative estimate of drug-likeness (QED) is 0.646. The van der Waals surface area contributed by atoms with Crippen LogP contribution in [0, 0.1) is 5.92 Å². The summed E-state index contributed by atoms with van der Waals surface area (Å²) in [4.78, 5) is 38.8. The number of rotatable bonds is 7. The number of hydrogen-bond donors (Lipinski definition) is 2. The summed E-state index contributed by atoms with van der Waals surface area (Å²) in [6, 6.07) is 14.6. The minimum absolute atomic E-state index is 0.0629. The Labute approximate surface area is 196 Å². The number of carboxylic acid groups (broad SMARTS) is 1. The molecule has 172 valence electrons. The molecule has 1 saturated heterocycles. The van der Waals surface area contributed by atoms with Crippen LogP contribution >= 0.6 is 11.8 Å². The van der Waals surface area contributed by atoms with Gasteiger partial charge in [-0.1, -0.05) is 61.4 Å². The highest BCUT2D eigenvalue weighted by atomic mass is 32.2. The van der Waals surface area contributed by atoms with E-state index >= 15 is 0 Å². The van der Waals surface area contributed by atoms with Crippen molar-refractivity contribution in [1.29, 1.82) is 0 Å². The van der Waals surface area contributed by atoms with Gasteiger partial charge in [-0.15, -0.1) is 11.8 Å². The van der Waals surface area contributed by atoms with Gasteiger partial charge in [0.15, 0.2) is 0 Å². The molecule has 2 aliphatic carbocycles. The van der Waals surface area contributed by atoms with Crippen molar-refractivity contribution in [1.82, 2.24) is 10.2 Å². The average Bonchev–Trinajstić information content (AvgIpc) is 3.39. The zero-order chi connectivity index (χ0) is 22.9. The Kier molecular flexibility index (Phi) is 6.01. The van der Waals surface area contributed by atoms with E-state index in [2.05, 4.69) is 29.6 Å². The Morgan fingerprint density at radius 1 is 1.06 bits per heavy atom. The molecule has 1 heterocycles. The lowest BCUT2D eigenvalue weighted by Gasteiger charge is -2.26. The van der Waals surface area contributed by atoms with Crippen LogP contribution in [0.5, 0.6) is 0 Å². The largest absolute Gasteiger partial charge is 0.480 e. The molecule has 7 nitrogen and oxygen atoms in total. The lowest BCUT2D eigenvalue weighted by molar-refractivity contribution is -0.148. The summed E-state index contributed by atoms with van der Waals surface area (Å²) in [5.41, 5.74) is 4.54. The van der Waals surface area contributed by atoms with Crippen LogP contribution in [0.15, 0.2) is 48.5 Å². The third-order valence-electron chi connectivity index (χ3n) is 6.65. The number of carbonyl (C=O) groups is 3. The fourth-order valence-corrected chi connectivity index (χ4v) is 5.91. The molecule has 2 aromatic carbocycles. The molecule has 0 aromatic heterocycles. The van der Waals surface area contributed by atoms with Crippen molar-refractivity contribution < 1.29 is 24.2 Å². The third-order valence-corrected chi connectivity index (χ3v) is 7.66. The average molecular weight is 467 g/mol. The molecule has 5 rings (SSSR count). The minimum Gasteiger partial charge on any atom is -0.480 e. The van der Waals surface area contributed by atoms with E-state index in [1.807, 2.05) is 24.3 Å². The molecular formula is C25H26N2O5S. The standard InChI is InChI=1S/C25H26N2O5S/c28-23(27-14-33-13-22(27)24(29)30)21(11-15-9-10-15)26-25(31)32-12-20-18-7-3-1-5-16(18)17-6-2-4-8-19(17)20/h1-8,15,20-22H,9-14H2,(H,26,31)(H,29,30)/t21?,22-/m0/s1. The molecule has 1 unspecified atom stereocenters. The maximum atomic E-state index is 13.1. The number of carbonyl (C=O) groups excluding carboxylic acids is 2. The number of thioether (sulfide) groups is 1. The van der Waals surface area contributed by atoms with Crippen LogP contribution in [-0.4, -0.2) is 58.3 Å². The number of amides is 2. The molecule has 2 fully saturated rings. The van der Waals surface area contributed by atoms with Gasteiger partial charge in [-0.05, 0) is 34.6 Å².